The van der Waals surface area contributed by atoms with Crippen molar-refractivity contribution in [3.63, 3.8) is 0 Å². The number of piperidine rings is 1. The number of amides is 4. The van der Waals surface area contributed by atoms with E-state index in [1.807, 2.05) is 4.90 Å². The van der Waals surface area contributed by atoms with Crippen LogP contribution in [0.2, 0.25) is 0 Å². The van der Waals surface area contributed by atoms with Crippen LogP contribution in [0.3, 0.4) is 0 Å². The minimum absolute atomic E-state index is 0.178. The van der Waals surface area contributed by atoms with Crippen LogP contribution in [0.25, 0.3) is 0 Å². The summed E-state index contributed by atoms with van der Waals surface area (Å²) in [6.45, 7) is 5.35. The molecule has 0 radical (unpaired) electrons. The first-order valence-corrected chi connectivity index (χ1v) is 15.4. The molecule has 3 heterocycles. The van der Waals surface area contributed by atoms with Gasteiger partial charge in [-0.15, -0.1) is 0 Å². The fourth-order valence-corrected chi connectivity index (χ4v) is 5.84. The first-order valence-electron chi connectivity index (χ1n) is 15.4. The summed E-state index contributed by atoms with van der Waals surface area (Å²) < 4.78 is 19.1. The van der Waals surface area contributed by atoms with E-state index in [4.69, 9.17) is 4.74 Å². The summed E-state index contributed by atoms with van der Waals surface area (Å²) in [5, 5.41) is 8.40. The zero-order valence-corrected chi connectivity index (χ0v) is 25.3. The van der Waals surface area contributed by atoms with Crippen molar-refractivity contribution in [2.24, 2.45) is 5.41 Å². The van der Waals surface area contributed by atoms with Crippen LogP contribution >= 0.6 is 0 Å². The van der Waals surface area contributed by atoms with Crippen molar-refractivity contribution >= 4 is 35.0 Å². The van der Waals surface area contributed by atoms with Crippen molar-refractivity contribution < 1.29 is 23.5 Å². The average molecular weight is 616 g/mol. The second-order valence-corrected chi connectivity index (χ2v) is 12.0. The second kappa shape index (κ2) is 13.2. The molecule has 1 aromatic heterocycles. The van der Waals surface area contributed by atoms with Crippen LogP contribution in [0.5, 0.6) is 11.5 Å². The predicted molar refractivity (Wildman–Crippen MR) is 169 cm³/mol. The maximum atomic E-state index is 13.2. The molecule has 4 amide bonds. The van der Waals surface area contributed by atoms with Gasteiger partial charge in [0.2, 0.25) is 11.8 Å². The summed E-state index contributed by atoms with van der Waals surface area (Å²) in [7, 11) is 2.17. The number of likely N-dealkylation sites (tertiary alicyclic amines) is 1. The Balaban J connectivity index is 0.979. The van der Waals surface area contributed by atoms with E-state index in [9.17, 15) is 18.8 Å². The lowest BCUT2D eigenvalue weighted by atomic mass is 10.0. The maximum Gasteiger partial charge on any atom is 0.323 e. The van der Waals surface area contributed by atoms with E-state index in [0.717, 1.165) is 26.2 Å². The first kappa shape index (κ1) is 30.5. The van der Waals surface area contributed by atoms with Crippen molar-refractivity contribution in [3.05, 3.63) is 72.7 Å². The van der Waals surface area contributed by atoms with Gasteiger partial charge in [-0.05, 0) is 100 Å². The molecular formula is C33H38FN7O4. The van der Waals surface area contributed by atoms with Crippen molar-refractivity contribution in [3.8, 4) is 11.5 Å². The average Bonchev–Trinajstić information content (AvgIpc) is 3.86. The van der Waals surface area contributed by atoms with Gasteiger partial charge in [0.15, 0.2) is 0 Å². The molecule has 1 saturated carbocycles. The summed E-state index contributed by atoms with van der Waals surface area (Å²) in [6.07, 6.45) is 4.79. The summed E-state index contributed by atoms with van der Waals surface area (Å²) in [6, 6.07) is 16.0. The highest BCUT2D eigenvalue weighted by atomic mass is 19.1. The van der Waals surface area contributed by atoms with Crippen LogP contribution in [-0.4, -0.2) is 89.9 Å². The lowest BCUT2D eigenvalue weighted by molar-refractivity contribution is -0.131. The van der Waals surface area contributed by atoms with Crippen LogP contribution in [0.4, 0.5) is 26.4 Å². The molecule has 0 atom stereocenters. The van der Waals surface area contributed by atoms with E-state index in [0.29, 0.717) is 60.7 Å². The van der Waals surface area contributed by atoms with Gasteiger partial charge in [0, 0.05) is 55.9 Å². The summed E-state index contributed by atoms with van der Waals surface area (Å²) >= 11 is 0. The van der Waals surface area contributed by atoms with Gasteiger partial charge in [-0.2, -0.15) is 0 Å². The zero-order chi connectivity index (χ0) is 31.4. The Hall–Kier alpha value is -4.55. The Labute approximate surface area is 261 Å². The lowest BCUT2D eigenvalue weighted by Crippen LogP contribution is -2.54. The molecule has 2 saturated heterocycles. The number of pyridine rings is 1. The van der Waals surface area contributed by atoms with Gasteiger partial charge < -0.3 is 25.2 Å². The number of nitrogens with one attached hydrogen (secondary N) is 3. The quantitative estimate of drug-likeness (QED) is 0.317. The van der Waals surface area contributed by atoms with Crippen molar-refractivity contribution in [2.45, 2.75) is 31.7 Å². The Bertz CT molecular complexity index is 1510. The van der Waals surface area contributed by atoms with E-state index in [1.54, 1.807) is 42.6 Å². The number of hydrogen-bond donors (Lipinski definition) is 3. The van der Waals surface area contributed by atoms with Gasteiger partial charge in [0.1, 0.15) is 28.5 Å². The molecule has 236 valence electrons. The number of hydrogen-bond acceptors (Lipinski definition) is 7. The Kier molecular flexibility index (Phi) is 8.95. The SMILES string of the molecule is CN1CCC(N2CCN(C(=O)Nc3cc(Oc4ccc(NC(=O)C5(C(=O)Nc6ccc(F)cc6)CC5)cc4)ccn3)CC2)CC1. The van der Waals surface area contributed by atoms with Gasteiger partial charge in [0.25, 0.3) is 0 Å². The maximum absolute atomic E-state index is 13.2. The normalized spacial score (nSPS) is 18.6. The van der Waals surface area contributed by atoms with E-state index >= 15 is 0 Å². The monoisotopic (exact) mass is 615 g/mol. The second-order valence-electron chi connectivity index (χ2n) is 12.0. The van der Waals surface area contributed by atoms with E-state index in [1.165, 1.54) is 37.1 Å². The van der Waals surface area contributed by atoms with Crippen LogP contribution in [0.1, 0.15) is 25.7 Å². The molecular weight excluding hydrogens is 577 g/mol. The summed E-state index contributed by atoms with van der Waals surface area (Å²) in [5.41, 5.74) is -0.199. The number of benzene rings is 2. The molecule has 12 heteroatoms. The molecule has 11 nitrogen and oxygen atoms in total. The summed E-state index contributed by atoms with van der Waals surface area (Å²) in [4.78, 5) is 49.7. The largest absolute Gasteiger partial charge is 0.457 e. The van der Waals surface area contributed by atoms with Gasteiger partial charge in [-0.25, -0.2) is 14.2 Å². The molecule has 3 aliphatic rings. The number of urea groups is 1. The van der Waals surface area contributed by atoms with E-state index in [-0.39, 0.29) is 6.03 Å². The molecule has 0 unspecified atom stereocenters. The first-order chi connectivity index (χ1) is 21.8. The van der Waals surface area contributed by atoms with Crippen LogP contribution in [0, 0.1) is 11.2 Å². The number of nitrogens with zero attached hydrogens (tertiary/aromatic N) is 4. The molecule has 2 aliphatic heterocycles. The van der Waals surface area contributed by atoms with Crippen molar-refractivity contribution in [2.75, 3.05) is 62.3 Å². The Morgan fingerprint density at radius 1 is 0.800 bits per heavy atom. The number of carbonyl (C=O) groups is 3. The number of rotatable bonds is 8. The minimum Gasteiger partial charge on any atom is -0.457 e. The standard InChI is InChI=1S/C33H38FN7O4/c1-39-16-11-26(12-17-39)40-18-20-41(21-19-40)32(44)38-29-22-28(10-15-35-29)45-27-8-6-25(7-9-27)37-31(43)33(13-14-33)30(42)36-24-4-2-23(34)3-5-24/h2-10,15,22,26H,11-14,16-21H2,1H3,(H,36,42)(H,37,43)(H,35,38,44). The van der Waals surface area contributed by atoms with Gasteiger partial charge >= 0.3 is 6.03 Å². The molecule has 1 aliphatic carbocycles. The van der Waals surface area contributed by atoms with Gasteiger partial charge in [-0.1, -0.05) is 0 Å². The number of piperazine rings is 1. The molecule has 0 spiro atoms. The third-order valence-corrected chi connectivity index (χ3v) is 8.84. The highest BCUT2D eigenvalue weighted by Crippen LogP contribution is 2.47. The molecule has 6 rings (SSSR count). The topological polar surface area (TPSA) is 119 Å². The molecule has 3 aromatic rings. The molecule has 2 aromatic carbocycles. The molecule has 0 bridgehead atoms. The van der Waals surface area contributed by atoms with Crippen molar-refractivity contribution in [1.82, 2.24) is 19.7 Å². The lowest BCUT2D eigenvalue weighted by Gasteiger charge is -2.42. The number of carbonyl (C=O) groups excluding carboxylic acids is 3. The predicted octanol–water partition coefficient (Wildman–Crippen LogP) is 4.61. The third-order valence-electron chi connectivity index (χ3n) is 8.84. The highest BCUT2D eigenvalue weighted by Gasteiger charge is 2.56. The molecule has 3 fully saturated rings. The van der Waals surface area contributed by atoms with Crippen LogP contribution in [-0.2, 0) is 9.59 Å². The fourth-order valence-electron chi connectivity index (χ4n) is 5.84. The number of anilines is 3. The van der Waals surface area contributed by atoms with Crippen LogP contribution < -0.4 is 20.7 Å². The van der Waals surface area contributed by atoms with Crippen molar-refractivity contribution in [1.29, 1.82) is 0 Å². The summed E-state index contributed by atoms with van der Waals surface area (Å²) in [5.74, 6) is 0.205. The molecule has 3 N–H and O–H groups in total. The number of aromatic nitrogens is 1. The number of halogens is 1. The van der Waals surface area contributed by atoms with Gasteiger partial charge in [-0.3, -0.25) is 19.8 Å². The van der Waals surface area contributed by atoms with Crippen LogP contribution in [0.15, 0.2) is 66.9 Å². The third kappa shape index (κ3) is 7.40. The highest BCUT2D eigenvalue weighted by molar-refractivity contribution is 6.16. The minimum atomic E-state index is -1.15. The van der Waals surface area contributed by atoms with E-state index < -0.39 is 23.0 Å². The smallest absolute Gasteiger partial charge is 0.323 e. The Morgan fingerprint density at radius 2 is 1.40 bits per heavy atom. The van der Waals surface area contributed by atoms with E-state index in [2.05, 4.69) is 37.8 Å². The molecule has 45 heavy (non-hydrogen) atoms. The number of ether oxygens (including phenoxy) is 1. The van der Waals surface area contributed by atoms with Gasteiger partial charge in [0.05, 0.1) is 0 Å². The zero-order valence-electron chi connectivity index (χ0n) is 25.3. The Morgan fingerprint density at radius 3 is 2.00 bits per heavy atom. The fraction of sp³-hybridized carbons (Fsp3) is 0.394.